The molecule has 14 heteroatoms. The molecule has 47 heavy (non-hydrogen) atoms. The second kappa shape index (κ2) is 13.3. The topological polar surface area (TPSA) is 114 Å². The quantitative estimate of drug-likeness (QED) is 0.156. The van der Waals surface area contributed by atoms with Crippen molar-refractivity contribution in [3.05, 3.63) is 77.6 Å². The number of aromatic nitrogens is 2. The Kier molecular flexibility index (Phi) is 9.85. The van der Waals surface area contributed by atoms with E-state index in [0.717, 1.165) is 5.57 Å². The molecule has 0 bridgehead atoms. The Balaban J connectivity index is 1.92. The van der Waals surface area contributed by atoms with Crippen LogP contribution in [0.5, 0.6) is 5.75 Å². The van der Waals surface area contributed by atoms with Gasteiger partial charge in [0, 0.05) is 30.6 Å². The molecule has 2 aromatic heterocycles. The number of anilines is 1. The van der Waals surface area contributed by atoms with Crippen molar-refractivity contribution in [1.82, 2.24) is 19.8 Å². The number of hydrogen-bond acceptors (Lipinski definition) is 7. The number of hydrogen-bond donors (Lipinski definition) is 2. The molecule has 0 saturated carbocycles. The van der Waals surface area contributed by atoms with Gasteiger partial charge in [0.15, 0.2) is 0 Å². The number of rotatable bonds is 5. The number of halogens is 5. The summed E-state index contributed by atoms with van der Waals surface area (Å²) in [6.07, 6.45) is 4.92. The zero-order valence-corrected chi connectivity index (χ0v) is 29.9. The summed E-state index contributed by atoms with van der Waals surface area (Å²) < 4.78 is 1.42. The summed E-state index contributed by atoms with van der Waals surface area (Å²) in [5.41, 5.74) is 1.06. The third kappa shape index (κ3) is 5.74. The number of piperazine rings is 1. The number of dihydropyridines is 1. The van der Waals surface area contributed by atoms with E-state index in [2.05, 4.69) is 18.0 Å². The van der Waals surface area contributed by atoms with E-state index >= 15 is 0 Å². The van der Waals surface area contributed by atoms with Gasteiger partial charge in [-0.3, -0.25) is 14.2 Å². The van der Waals surface area contributed by atoms with Gasteiger partial charge in [0.2, 0.25) is 5.91 Å². The van der Waals surface area contributed by atoms with Crippen LogP contribution < -0.4 is 15.8 Å². The number of allylic oxidation sites excluding steroid dienone is 2. The number of phenolic OH excluding ortho intramolecular Hbond substituents is 1. The molecule has 5 rings (SSSR count). The van der Waals surface area contributed by atoms with Crippen LogP contribution in [0.25, 0.3) is 28.0 Å². The van der Waals surface area contributed by atoms with Crippen LogP contribution in [0.15, 0.2) is 41.4 Å². The number of amides is 1. The fraction of sp³-hybridized carbons (Fsp3) is 0.333. The highest BCUT2D eigenvalue weighted by Crippen LogP contribution is 2.51. The molecular formula is C33H31Cl5N6O3. The molecule has 0 radical (unpaired) electrons. The number of pyridine rings is 2. The summed E-state index contributed by atoms with van der Waals surface area (Å²) in [6.45, 7) is 13.9. The summed E-state index contributed by atoms with van der Waals surface area (Å²) in [7, 11) is 0. The zero-order valence-electron chi connectivity index (χ0n) is 26.1. The maximum Gasteiger partial charge on any atom is 0.276 e. The van der Waals surface area contributed by atoms with E-state index in [-0.39, 0.29) is 77.5 Å². The minimum absolute atomic E-state index is 0.00673. The van der Waals surface area contributed by atoms with Gasteiger partial charge in [0.1, 0.15) is 28.1 Å². The smallest absolute Gasteiger partial charge is 0.276 e. The second-order valence-corrected chi connectivity index (χ2v) is 13.9. The number of carbonyl (C=O) groups is 1. The molecule has 0 spiro atoms. The third-order valence-corrected chi connectivity index (χ3v) is 10.6. The number of fused-ring (bicyclic) bond motifs is 1. The Hall–Kier alpha value is -3.39. The molecule has 1 saturated heterocycles. The van der Waals surface area contributed by atoms with Crippen LogP contribution in [0.3, 0.4) is 0 Å². The number of phenols is 1. The predicted molar refractivity (Wildman–Crippen MR) is 191 cm³/mol. The molecule has 2 aliphatic heterocycles. The minimum Gasteiger partial charge on any atom is -0.506 e. The van der Waals surface area contributed by atoms with E-state index in [4.69, 9.17) is 63.0 Å². The van der Waals surface area contributed by atoms with Gasteiger partial charge < -0.3 is 20.2 Å². The van der Waals surface area contributed by atoms with Crippen LogP contribution >= 0.6 is 58.0 Å². The minimum atomic E-state index is -0.597. The monoisotopic (exact) mass is 734 g/mol. The van der Waals surface area contributed by atoms with Gasteiger partial charge >= 0.3 is 0 Å². The molecule has 3 aromatic rings. The lowest BCUT2D eigenvalue weighted by Gasteiger charge is -2.45. The van der Waals surface area contributed by atoms with Gasteiger partial charge in [-0.15, -0.1) is 0 Å². The summed E-state index contributed by atoms with van der Waals surface area (Å²) in [4.78, 5) is 35.8. The molecule has 1 fully saturated rings. The first kappa shape index (κ1) is 34.9. The zero-order chi connectivity index (χ0) is 34.6. The van der Waals surface area contributed by atoms with Gasteiger partial charge in [0.05, 0.1) is 48.8 Å². The molecule has 0 aliphatic carbocycles. The first-order valence-electron chi connectivity index (χ1n) is 14.7. The van der Waals surface area contributed by atoms with Gasteiger partial charge in [-0.2, -0.15) is 5.26 Å². The van der Waals surface area contributed by atoms with Gasteiger partial charge in [0.25, 0.3) is 5.56 Å². The summed E-state index contributed by atoms with van der Waals surface area (Å²) >= 11 is 32.4. The van der Waals surface area contributed by atoms with E-state index in [1.807, 2.05) is 51.8 Å². The highest BCUT2D eigenvalue weighted by atomic mass is 35.5. The highest BCUT2D eigenvalue weighted by molar-refractivity contribution is 6.53. The molecule has 3 atom stereocenters. The van der Waals surface area contributed by atoms with Gasteiger partial charge in [-0.1, -0.05) is 78.4 Å². The lowest BCUT2D eigenvalue weighted by molar-refractivity contribution is -0.130. The first-order chi connectivity index (χ1) is 22.2. The Labute approximate surface area is 297 Å². The summed E-state index contributed by atoms with van der Waals surface area (Å²) in [5, 5.41) is 24.8. The lowest BCUT2D eigenvalue weighted by Crippen LogP contribution is -2.58. The average Bonchev–Trinajstić information content (AvgIpc) is 3.02. The average molecular weight is 737 g/mol. The van der Waals surface area contributed by atoms with Crippen LogP contribution in [0.1, 0.15) is 40.2 Å². The van der Waals surface area contributed by atoms with Crippen LogP contribution in [0.4, 0.5) is 5.69 Å². The molecule has 4 heterocycles. The number of nitrogens with zero attached hydrogens (tertiary/aromatic N) is 5. The van der Waals surface area contributed by atoms with E-state index in [1.54, 1.807) is 11.0 Å². The van der Waals surface area contributed by atoms with Crippen molar-refractivity contribution in [2.45, 2.75) is 52.7 Å². The normalized spacial score (nSPS) is 19.7. The van der Waals surface area contributed by atoms with Crippen molar-refractivity contribution >= 4 is 86.3 Å². The van der Waals surface area contributed by atoms with E-state index in [0.29, 0.717) is 29.9 Å². The van der Waals surface area contributed by atoms with Crippen molar-refractivity contribution in [3.63, 3.8) is 0 Å². The Morgan fingerprint density at radius 2 is 1.74 bits per heavy atom. The van der Waals surface area contributed by atoms with Crippen molar-refractivity contribution in [1.29, 1.82) is 5.26 Å². The van der Waals surface area contributed by atoms with Gasteiger partial charge in [-0.25, -0.2) is 4.98 Å². The first-order valence-corrected chi connectivity index (χ1v) is 16.6. The van der Waals surface area contributed by atoms with E-state index in [9.17, 15) is 20.0 Å². The number of aromatic hydroxyl groups is 1. The van der Waals surface area contributed by atoms with Crippen molar-refractivity contribution in [2.75, 3.05) is 18.0 Å². The van der Waals surface area contributed by atoms with Crippen LogP contribution in [-0.4, -0.2) is 56.7 Å². The lowest BCUT2D eigenvalue weighted by atomic mass is 9.94. The van der Waals surface area contributed by atoms with Crippen LogP contribution in [0.2, 0.25) is 25.1 Å². The number of carbonyl (C=O) groups excluding carboxylic acids is 1. The predicted octanol–water partition coefficient (Wildman–Crippen LogP) is 7.89. The van der Waals surface area contributed by atoms with Crippen LogP contribution in [0, 0.1) is 17.2 Å². The SMILES string of the molecule is C=CC(=O)N1[C@H](C)CN(c2c(C#N)c(=O)n(C3=C(C)C=CNC3C(C)C)c3nc(-c4c(O)c(Cl)c(Cl)c(Cl)c4Cl)c(Cl)cc23)C[C@@H]1C. The molecule has 246 valence electrons. The second-order valence-electron chi connectivity index (χ2n) is 12.0. The molecular weight excluding hydrogens is 706 g/mol. The Morgan fingerprint density at radius 3 is 2.32 bits per heavy atom. The molecule has 2 aliphatic rings. The van der Waals surface area contributed by atoms with E-state index < -0.39 is 11.3 Å². The third-order valence-electron chi connectivity index (χ3n) is 8.55. The summed E-state index contributed by atoms with van der Waals surface area (Å²) in [6, 6.07) is 2.84. The maximum absolute atomic E-state index is 14.6. The molecule has 9 nitrogen and oxygen atoms in total. The van der Waals surface area contributed by atoms with Gasteiger partial charge in [-0.05, 0) is 56.7 Å². The molecule has 2 N–H and O–H groups in total. The van der Waals surface area contributed by atoms with Crippen molar-refractivity contribution < 1.29 is 9.90 Å². The molecule has 1 aromatic carbocycles. The Morgan fingerprint density at radius 1 is 1.13 bits per heavy atom. The molecule has 1 unspecified atom stereocenters. The summed E-state index contributed by atoms with van der Waals surface area (Å²) in [5.74, 6) is -0.684. The number of benzene rings is 1. The number of nitrogens with one attached hydrogen (secondary N) is 1. The van der Waals surface area contributed by atoms with Crippen molar-refractivity contribution in [3.8, 4) is 23.1 Å². The molecule has 1 amide bonds. The fourth-order valence-electron chi connectivity index (χ4n) is 6.49. The van der Waals surface area contributed by atoms with Crippen molar-refractivity contribution in [2.24, 2.45) is 5.92 Å². The van der Waals surface area contributed by atoms with E-state index in [1.165, 1.54) is 10.6 Å². The largest absolute Gasteiger partial charge is 0.506 e. The highest BCUT2D eigenvalue weighted by Gasteiger charge is 2.36. The van der Waals surface area contributed by atoms with Crippen LogP contribution in [-0.2, 0) is 4.79 Å². The maximum atomic E-state index is 14.6. The number of nitriles is 1. The fourth-order valence-corrected chi connectivity index (χ4v) is 7.67. The Bertz CT molecular complexity index is 1970. The standard InChI is InChI=1S/C33H31Cl5N6O3/c1-7-21(45)43-16(5)12-42(13-17(43)6)30-18-10-20(34)28(22-23(35)24(36)25(37)26(38)31(22)46)41-32(18)44(33(47)19(30)11-39)29-15(4)8-9-40-27(29)14(2)3/h7-10,14,16-17,27,40,46H,1,12-13H2,2-6H3/t16-,17+,27?.